The van der Waals surface area contributed by atoms with Crippen LogP contribution in [0.4, 0.5) is 5.69 Å². The van der Waals surface area contributed by atoms with Gasteiger partial charge < -0.3 is 10.6 Å². The molecule has 20 heavy (non-hydrogen) atoms. The molecule has 0 amide bonds. The van der Waals surface area contributed by atoms with Crippen molar-refractivity contribution in [3.63, 3.8) is 0 Å². The Kier molecular flexibility index (Phi) is 5.23. The van der Waals surface area contributed by atoms with Crippen molar-refractivity contribution in [1.82, 2.24) is 15.1 Å². The molecule has 0 aliphatic carbocycles. The molecule has 0 bridgehead atoms. The lowest BCUT2D eigenvalue weighted by Gasteiger charge is -2.10. The number of aromatic nitrogens is 2. The third kappa shape index (κ3) is 4.37. The fourth-order valence-corrected chi connectivity index (χ4v) is 2.36. The van der Waals surface area contributed by atoms with Crippen LogP contribution in [0, 0.1) is 0 Å². The molecule has 1 heterocycles. The highest BCUT2D eigenvalue weighted by atomic mass is 35.5. The second kappa shape index (κ2) is 6.92. The second-order valence-corrected chi connectivity index (χ2v) is 5.41. The van der Waals surface area contributed by atoms with Crippen LogP contribution in [0.3, 0.4) is 0 Å². The number of nitrogens with zero attached hydrogens (tertiary/aromatic N) is 2. The first-order valence-electron chi connectivity index (χ1n) is 6.10. The molecule has 0 aliphatic rings. The number of halogens is 2. The number of hydrogen-bond acceptors (Lipinski definition) is 2. The Morgan fingerprint density at radius 1 is 1.30 bits per heavy atom. The molecule has 2 N–H and O–H groups in total. The first-order valence-corrected chi connectivity index (χ1v) is 7.26. The molecule has 2 aromatic rings. The topological polar surface area (TPSA) is 41.9 Å². The van der Waals surface area contributed by atoms with E-state index >= 15 is 0 Å². The van der Waals surface area contributed by atoms with Gasteiger partial charge in [0.05, 0.1) is 12.2 Å². The first kappa shape index (κ1) is 15.1. The van der Waals surface area contributed by atoms with Gasteiger partial charge in [-0.15, -0.1) is 0 Å². The van der Waals surface area contributed by atoms with Crippen LogP contribution < -0.4 is 10.6 Å². The van der Waals surface area contributed by atoms with Crippen LogP contribution in [0.25, 0.3) is 0 Å². The Morgan fingerprint density at radius 3 is 2.60 bits per heavy atom. The van der Waals surface area contributed by atoms with Gasteiger partial charge in [0.25, 0.3) is 0 Å². The first-order chi connectivity index (χ1) is 9.56. The Labute approximate surface area is 133 Å². The molecule has 0 aliphatic heterocycles. The summed E-state index contributed by atoms with van der Waals surface area (Å²) in [7, 11) is 0. The Balaban J connectivity index is 1.89. The quantitative estimate of drug-likeness (QED) is 0.840. The maximum absolute atomic E-state index is 5.92. The Bertz CT molecular complexity index is 592. The van der Waals surface area contributed by atoms with Crippen LogP contribution in [0.15, 0.2) is 30.5 Å². The maximum atomic E-state index is 5.92. The van der Waals surface area contributed by atoms with Gasteiger partial charge in [0.2, 0.25) is 0 Å². The van der Waals surface area contributed by atoms with Crippen molar-refractivity contribution < 1.29 is 0 Å². The third-order valence-corrected chi connectivity index (χ3v) is 3.25. The third-order valence-electron chi connectivity index (χ3n) is 2.57. The lowest BCUT2D eigenvalue weighted by molar-refractivity contribution is 0.643. The van der Waals surface area contributed by atoms with E-state index in [1.165, 1.54) is 0 Å². The molecule has 7 heteroatoms. The van der Waals surface area contributed by atoms with Gasteiger partial charge in [-0.2, -0.15) is 5.10 Å². The van der Waals surface area contributed by atoms with E-state index in [2.05, 4.69) is 15.7 Å². The van der Waals surface area contributed by atoms with Crippen molar-refractivity contribution in [2.45, 2.75) is 20.0 Å². The monoisotopic (exact) mass is 328 g/mol. The van der Waals surface area contributed by atoms with Crippen molar-refractivity contribution in [3.8, 4) is 0 Å². The average Bonchev–Trinajstić information content (AvgIpc) is 2.83. The Hall–Kier alpha value is -1.30. The van der Waals surface area contributed by atoms with Gasteiger partial charge in [-0.1, -0.05) is 23.2 Å². The number of hydrogen-bond donors (Lipinski definition) is 2. The lowest BCUT2D eigenvalue weighted by atomic mass is 10.3. The van der Waals surface area contributed by atoms with Crippen molar-refractivity contribution in [2.75, 3.05) is 5.32 Å². The summed E-state index contributed by atoms with van der Waals surface area (Å²) < 4.78 is 1.87. The van der Waals surface area contributed by atoms with Crippen molar-refractivity contribution in [3.05, 3.63) is 46.2 Å². The van der Waals surface area contributed by atoms with E-state index in [4.69, 9.17) is 35.4 Å². The summed E-state index contributed by atoms with van der Waals surface area (Å²) in [5.41, 5.74) is 1.68. The SMILES string of the molecule is CCn1ccc(CNC(=S)Nc2cc(Cl)cc(Cl)c2)n1. The summed E-state index contributed by atoms with van der Waals surface area (Å²) in [5.74, 6) is 0. The fraction of sp³-hybridized carbons (Fsp3) is 0.231. The fourth-order valence-electron chi connectivity index (χ4n) is 1.65. The highest BCUT2D eigenvalue weighted by Gasteiger charge is 2.02. The van der Waals surface area contributed by atoms with Gasteiger partial charge in [-0.25, -0.2) is 0 Å². The minimum atomic E-state index is 0.495. The normalized spacial score (nSPS) is 10.3. The standard InChI is InChI=1S/C13H14Cl2N4S/c1-2-19-4-3-11(18-19)8-16-13(20)17-12-6-9(14)5-10(15)7-12/h3-7H,2,8H2,1H3,(H2,16,17,20). The predicted octanol–water partition coefficient (Wildman–Crippen LogP) is 3.70. The van der Waals surface area contributed by atoms with E-state index in [1.807, 2.05) is 23.9 Å². The Morgan fingerprint density at radius 2 is 2.00 bits per heavy atom. The summed E-state index contributed by atoms with van der Waals surface area (Å²) in [6, 6.07) is 7.14. The smallest absolute Gasteiger partial charge is 0.171 e. The van der Waals surface area contributed by atoms with Crippen molar-refractivity contribution in [2.24, 2.45) is 0 Å². The maximum Gasteiger partial charge on any atom is 0.171 e. The largest absolute Gasteiger partial charge is 0.357 e. The molecule has 0 saturated heterocycles. The van der Waals surface area contributed by atoms with E-state index < -0.39 is 0 Å². The number of benzene rings is 1. The summed E-state index contributed by atoms with van der Waals surface area (Å²) >= 11 is 17.1. The van der Waals surface area contributed by atoms with Crippen LogP contribution in [0.1, 0.15) is 12.6 Å². The number of nitrogens with one attached hydrogen (secondary N) is 2. The van der Waals surface area contributed by atoms with Crippen LogP contribution >= 0.6 is 35.4 Å². The van der Waals surface area contributed by atoms with E-state index in [0.717, 1.165) is 17.9 Å². The van der Waals surface area contributed by atoms with Crippen molar-refractivity contribution >= 4 is 46.2 Å². The molecule has 106 valence electrons. The van der Waals surface area contributed by atoms with Gasteiger partial charge in [0, 0.05) is 28.5 Å². The zero-order chi connectivity index (χ0) is 14.5. The molecule has 0 atom stereocenters. The molecule has 0 radical (unpaired) electrons. The molecule has 0 saturated carbocycles. The van der Waals surface area contributed by atoms with E-state index in [-0.39, 0.29) is 0 Å². The van der Waals surface area contributed by atoms with Crippen LogP contribution in [-0.4, -0.2) is 14.9 Å². The van der Waals surface area contributed by atoms with Crippen molar-refractivity contribution in [1.29, 1.82) is 0 Å². The van der Waals surface area contributed by atoms with Gasteiger partial charge in [-0.3, -0.25) is 4.68 Å². The van der Waals surface area contributed by atoms with E-state index in [1.54, 1.807) is 18.2 Å². The zero-order valence-corrected chi connectivity index (χ0v) is 13.2. The van der Waals surface area contributed by atoms with Crippen LogP contribution in [-0.2, 0) is 13.1 Å². The number of anilines is 1. The predicted molar refractivity (Wildman–Crippen MR) is 87.4 cm³/mol. The molecular weight excluding hydrogens is 315 g/mol. The number of rotatable bonds is 4. The summed E-state index contributed by atoms with van der Waals surface area (Å²) in [6.07, 6.45) is 1.93. The highest BCUT2D eigenvalue weighted by Crippen LogP contribution is 2.22. The zero-order valence-electron chi connectivity index (χ0n) is 10.9. The minimum Gasteiger partial charge on any atom is -0.357 e. The van der Waals surface area contributed by atoms with Gasteiger partial charge in [0.1, 0.15) is 0 Å². The van der Waals surface area contributed by atoms with E-state index in [9.17, 15) is 0 Å². The molecule has 2 rings (SSSR count). The second-order valence-electron chi connectivity index (χ2n) is 4.13. The molecule has 4 nitrogen and oxygen atoms in total. The lowest BCUT2D eigenvalue weighted by Crippen LogP contribution is -2.28. The molecule has 1 aromatic heterocycles. The average molecular weight is 329 g/mol. The summed E-state index contributed by atoms with van der Waals surface area (Å²) in [6.45, 7) is 3.45. The summed E-state index contributed by atoms with van der Waals surface area (Å²) in [5, 5.41) is 12.1. The molecule has 0 fully saturated rings. The molecule has 0 spiro atoms. The van der Waals surface area contributed by atoms with Gasteiger partial charge in [-0.05, 0) is 43.4 Å². The van der Waals surface area contributed by atoms with E-state index in [0.29, 0.717) is 21.7 Å². The minimum absolute atomic E-state index is 0.495. The summed E-state index contributed by atoms with van der Waals surface area (Å²) in [4.78, 5) is 0. The van der Waals surface area contributed by atoms with Gasteiger partial charge in [0.15, 0.2) is 5.11 Å². The molecular formula is C13H14Cl2N4S. The molecule has 1 aromatic carbocycles. The van der Waals surface area contributed by atoms with Crippen LogP contribution in [0.2, 0.25) is 10.0 Å². The number of thiocarbonyl (C=S) groups is 1. The van der Waals surface area contributed by atoms with Gasteiger partial charge >= 0.3 is 0 Å². The molecule has 0 unspecified atom stereocenters. The highest BCUT2D eigenvalue weighted by molar-refractivity contribution is 7.80. The van der Waals surface area contributed by atoms with Crippen LogP contribution in [0.5, 0.6) is 0 Å². The number of aryl methyl sites for hydroxylation is 1.